The third-order valence-electron chi connectivity index (χ3n) is 3.78. The molecular weight excluding hydrogens is 307 g/mol. The number of hydrogen-bond donors (Lipinski definition) is 1. The summed E-state index contributed by atoms with van der Waals surface area (Å²) >= 11 is 0. The van der Waals surface area contributed by atoms with Crippen molar-refractivity contribution < 1.29 is 12.8 Å². The van der Waals surface area contributed by atoms with Crippen LogP contribution in [-0.2, 0) is 17.1 Å². The number of aromatic nitrogens is 2. The fourth-order valence-corrected chi connectivity index (χ4v) is 4.42. The minimum Gasteiger partial charge on any atom is -0.313 e. The van der Waals surface area contributed by atoms with Crippen molar-refractivity contribution in [2.45, 2.75) is 11.1 Å². The number of benzene rings is 1. The first-order valence-electron chi connectivity index (χ1n) is 6.96. The molecule has 8 heteroatoms. The van der Waals surface area contributed by atoms with Gasteiger partial charge in [0.1, 0.15) is 5.82 Å². The second kappa shape index (κ2) is 5.79. The standard InChI is InChI=1S/C14H17FN4O2S/c1-18-14(5-6-17-18)22(20,21)19-8-7-16-10-13(19)11-3-2-4-12(15)9-11/h2-6,9,13,16H,7-8,10H2,1H3. The highest BCUT2D eigenvalue weighted by Gasteiger charge is 2.36. The number of rotatable bonds is 3. The monoisotopic (exact) mass is 324 g/mol. The molecule has 22 heavy (non-hydrogen) atoms. The normalized spacial score (nSPS) is 20.2. The summed E-state index contributed by atoms with van der Waals surface area (Å²) in [4.78, 5) is 0. The summed E-state index contributed by atoms with van der Waals surface area (Å²) in [5.41, 5.74) is 0.637. The number of nitrogens with zero attached hydrogens (tertiary/aromatic N) is 3. The first-order chi connectivity index (χ1) is 10.5. The van der Waals surface area contributed by atoms with Crippen LogP contribution >= 0.6 is 0 Å². The highest BCUT2D eigenvalue weighted by Crippen LogP contribution is 2.28. The Hall–Kier alpha value is -1.77. The zero-order chi connectivity index (χ0) is 15.7. The maximum atomic E-state index is 13.5. The van der Waals surface area contributed by atoms with Crippen LogP contribution in [0.1, 0.15) is 11.6 Å². The van der Waals surface area contributed by atoms with Gasteiger partial charge in [-0.25, -0.2) is 12.8 Å². The molecule has 1 unspecified atom stereocenters. The van der Waals surface area contributed by atoms with Crippen molar-refractivity contribution in [2.75, 3.05) is 19.6 Å². The zero-order valence-corrected chi connectivity index (χ0v) is 12.9. The molecule has 1 atom stereocenters. The molecule has 2 aromatic rings. The van der Waals surface area contributed by atoms with Gasteiger partial charge in [0.05, 0.1) is 12.2 Å². The zero-order valence-electron chi connectivity index (χ0n) is 12.1. The molecule has 6 nitrogen and oxygen atoms in total. The molecule has 1 aromatic heterocycles. The minimum atomic E-state index is -3.69. The van der Waals surface area contributed by atoms with Crippen LogP contribution in [0.25, 0.3) is 0 Å². The average Bonchev–Trinajstić information content (AvgIpc) is 2.94. The lowest BCUT2D eigenvalue weighted by atomic mass is 10.1. The summed E-state index contributed by atoms with van der Waals surface area (Å²) in [7, 11) is -2.10. The Morgan fingerprint density at radius 1 is 1.36 bits per heavy atom. The first kappa shape index (κ1) is 15.1. The van der Waals surface area contributed by atoms with Gasteiger partial charge in [-0.15, -0.1) is 0 Å². The van der Waals surface area contributed by atoms with Crippen molar-refractivity contribution in [1.29, 1.82) is 0 Å². The summed E-state index contributed by atoms with van der Waals surface area (Å²) in [5.74, 6) is -0.374. The number of piperazine rings is 1. The van der Waals surface area contributed by atoms with Gasteiger partial charge in [-0.2, -0.15) is 9.40 Å². The van der Waals surface area contributed by atoms with E-state index in [0.29, 0.717) is 25.2 Å². The molecule has 2 heterocycles. The third kappa shape index (κ3) is 2.65. The maximum Gasteiger partial charge on any atom is 0.260 e. The molecule has 0 amide bonds. The molecule has 0 spiro atoms. The van der Waals surface area contributed by atoms with E-state index in [1.807, 2.05) is 0 Å². The molecule has 1 aliphatic heterocycles. The Bertz CT molecular complexity index is 775. The van der Waals surface area contributed by atoms with Crippen molar-refractivity contribution in [2.24, 2.45) is 7.05 Å². The Kier molecular flexibility index (Phi) is 3.98. The quantitative estimate of drug-likeness (QED) is 0.911. The van der Waals surface area contributed by atoms with Crippen LogP contribution in [0, 0.1) is 5.82 Å². The van der Waals surface area contributed by atoms with Crippen molar-refractivity contribution >= 4 is 10.0 Å². The van der Waals surface area contributed by atoms with E-state index in [1.165, 1.54) is 33.4 Å². The highest BCUT2D eigenvalue weighted by molar-refractivity contribution is 7.89. The molecule has 1 fully saturated rings. The molecule has 3 rings (SSSR count). The summed E-state index contributed by atoms with van der Waals surface area (Å²) < 4.78 is 42.0. The highest BCUT2D eigenvalue weighted by atomic mass is 32.2. The van der Waals surface area contributed by atoms with Gasteiger partial charge in [0, 0.05) is 26.7 Å². The average molecular weight is 324 g/mol. The second-order valence-electron chi connectivity index (χ2n) is 5.18. The van der Waals surface area contributed by atoms with Gasteiger partial charge in [0.25, 0.3) is 10.0 Å². The van der Waals surface area contributed by atoms with Crippen LogP contribution < -0.4 is 5.32 Å². The minimum absolute atomic E-state index is 0.135. The molecule has 1 aliphatic rings. The Balaban J connectivity index is 2.02. The largest absolute Gasteiger partial charge is 0.313 e. The Morgan fingerprint density at radius 2 is 2.18 bits per heavy atom. The fourth-order valence-electron chi connectivity index (χ4n) is 2.71. The molecule has 0 aliphatic carbocycles. The Labute approximate surface area is 128 Å². The number of aryl methyl sites for hydroxylation is 1. The lowest BCUT2D eigenvalue weighted by Crippen LogP contribution is -2.48. The van der Waals surface area contributed by atoms with Crippen molar-refractivity contribution in [3.63, 3.8) is 0 Å². The fraction of sp³-hybridized carbons (Fsp3) is 0.357. The van der Waals surface area contributed by atoms with Gasteiger partial charge in [0.2, 0.25) is 0 Å². The van der Waals surface area contributed by atoms with Crippen LogP contribution in [0.5, 0.6) is 0 Å². The van der Waals surface area contributed by atoms with Crippen molar-refractivity contribution in [3.8, 4) is 0 Å². The number of nitrogens with one attached hydrogen (secondary N) is 1. The SMILES string of the molecule is Cn1nccc1S(=O)(=O)N1CCNCC1c1cccc(F)c1. The van der Waals surface area contributed by atoms with Crippen molar-refractivity contribution in [3.05, 3.63) is 47.9 Å². The summed E-state index contributed by atoms with van der Waals surface area (Å²) in [5, 5.41) is 7.22. The van der Waals surface area contributed by atoms with E-state index in [-0.39, 0.29) is 10.8 Å². The summed E-state index contributed by atoms with van der Waals surface area (Å²) in [6, 6.07) is 7.09. The predicted octanol–water partition coefficient (Wildman–Crippen LogP) is 0.894. The van der Waals surface area contributed by atoms with Crippen LogP contribution in [-0.4, -0.2) is 42.1 Å². The number of halogens is 1. The maximum absolute atomic E-state index is 13.5. The van der Waals surface area contributed by atoms with Crippen LogP contribution in [0.15, 0.2) is 41.6 Å². The van der Waals surface area contributed by atoms with Crippen LogP contribution in [0.3, 0.4) is 0 Å². The molecule has 0 bridgehead atoms. The number of sulfonamides is 1. The van der Waals surface area contributed by atoms with E-state index in [1.54, 1.807) is 19.2 Å². The van der Waals surface area contributed by atoms with Gasteiger partial charge >= 0.3 is 0 Å². The first-order valence-corrected chi connectivity index (χ1v) is 8.40. The molecule has 0 saturated carbocycles. The Morgan fingerprint density at radius 3 is 2.86 bits per heavy atom. The van der Waals surface area contributed by atoms with E-state index in [0.717, 1.165) is 0 Å². The van der Waals surface area contributed by atoms with E-state index in [2.05, 4.69) is 10.4 Å². The van der Waals surface area contributed by atoms with E-state index < -0.39 is 16.1 Å². The van der Waals surface area contributed by atoms with E-state index in [9.17, 15) is 12.8 Å². The third-order valence-corrected chi connectivity index (χ3v) is 5.76. The molecule has 1 aromatic carbocycles. The molecule has 118 valence electrons. The van der Waals surface area contributed by atoms with Gasteiger partial charge in [-0.1, -0.05) is 12.1 Å². The molecule has 1 saturated heterocycles. The van der Waals surface area contributed by atoms with Crippen LogP contribution in [0.2, 0.25) is 0 Å². The van der Waals surface area contributed by atoms with Gasteiger partial charge in [-0.3, -0.25) is 4.68 Å². The lowest BCUT2D eigenvalue weighted by Gasteiger charge is -2.35. The molecular formula is C14H17FN4O2S. The summed E-state index contributed by atoms with van der Waals surface area (Å²) in [6.07, 6.45) is 1.45. The van der Waals surface area contributed by atoms with Gasteiger partial charge in [0.15, 0.2) is 5.03 Å². The van der Waals surface area contributed by atoms with Crippen molar-refractivity contribution in [1.82, 2.24) is 19.4 Å². The van der Waals surface area contributed by atoms with Gasteiger partial charge in [-0.05, 0) is 23.8 Å². The summed E-state index contributed by atoms with van der Waals surface area (Å²) in [6.45, 7) is 1.33. The van der Waals surface area contributed by atoms with E-state index >= 15 is 0 Å². The predicted molar refractivity (Wildman–Crippen MR) is 79.1 cm³/mol. The molecule has 1 N–H and O–H groups in total. The smallest absolute Gasteiger partial charge is 0.260 e. The lowest BCUT2D eigenvalue weighted by molar-refractivity contribution is 0.269. The topological polar surface area (TPSA) is 67.2 Å². The van der Waals surface area contributed by atoms with E-state index in [4.69, 9.17) is 0 Å². The molecule has 0 radical (unpaired) electrons. The number of hydrogen-bond acceptors (Lipinski definition) is 4. The van der Waals surface area contributed by atoms with Gasteiger partial charge < -0.3 is 5.32 Å². The second-order valence-corrected chi connectivity index (χ2v) is 7.02. The van der Waals surface area contributed by atoms with Crippen LogP contribution in [0.4, 0.5) is 4.39 Å².